The van der Waals surface area contributed by atoms with Gasteiger partial charge in [0.25, 0.3) is 0 Å². The number of nitrogens with zero attached hydrogens (tertiary/aromatic N) is 1. The Morgan fingerprint density at radius 3 is 2.54 bits per heavy atom. The Labute approximate surface area is 141 Å². The van der Waals surface area contributed by atoms with Crippen molar-refractivity contribution >= 4 is 7.82 Å². The molecule has 1 saturated heterocycles. The molecule has 1 aromatic carbocycles. The quantitative estimate of drug-likeness (QED) is 0.817. The number of aromatic hydroxyl groups is 1. The van der Waals surface area contributed by atoms with Crippen LogP contribution in [0.5, 0.6) is 23.0 Å². The minimum Gasteiger partial charge on any atom is -0.504 e. The monoisotopic (exact) mass is 355 g/mol. The first-order valence-corrected chi connectivity index (χ1v) is 9.59. The van der Waals surface area contributed by atoms with Crippen molar-refractivity contribution in [2.24, 2.45) is 0 Å². The van der Waals surface area contributed by atoms with Crippen LogP contribution >= 0.6 is 7.82 Å². The second kappa shape index (κ2) is 5.04. The van der Waals surface area contributed by atoms with E-state index in [1.54, 1.807) is 0 Å². The number of fused-ring (bicyclic) bond motifs is 2. The maximum Gasteiger partial charge on any atom is 0.647 e. The normalized spacial score (nSPS) is 28.4. The van der Waals surface area contributed by atoms with Gasteiger partial charge in [0.15, 0.2) is 11.5 Å². The lowest BCUT2D eigenvalue weighted by Crippen LogP contribution is -2.40. The van der Waals surface area contributed by atoms with Gasteiger partial charge in [0.2, 0.25) is 5.75 Å². The number of phosphoric acid groups is 1. The van der Waals surface area contributed by atoms with Crippen LogP contribution in [0.25, 0.3) is 0 Å². The topological polar surface area (TPSA) is 77.5 Å². The molecule has 1 aromatic rings. The van der Waals surface area contributed by atoms with E-state index in [1.165, 1.54) is 0 Å². The zero-order valence-electron chi connectivity index (χ0n) is 14.3. The van der Waals surface area contributed by atoms with Crippen LogP contribution in [0.3, 0.4) is 0 Å². The zero-order chi connectivity index (χ0) is 17.3. The highest BCUT2D eigenvalue weighted by molar-refractivity contribution is 7.50. The third-order valence-electron chi connectivity index (χ3n) is 4.50. The summed E-state index contributed by atoms with van der Waals surface area (Å²) in [7, 11) is -3.69. The van der Waals surface area contributed by atoms with Gasteiger partial charge in [-0.25, -0.2) is 0 Å². The molecule has 3 heterocycles. The minimum absolute atomic E-state index is 0.0400. The van der Waals surface area contributed by atoms with Crippen LogP contribution in [0.2, 0.25) is 0 Å². The molecule has 2 unspecified atom stereocenters. The smallest absolute Gasteiger partial charge is 0.504 e. The van der Waals surface area contributed by atoms with Gasteiger partial charge in [-0.3, -0.25) is 4.90 Å². The van der Waals surface area contributed by atoms with Crippen LogP contribution in [0.1, 0.15) is 38.8 Å². The van der Waals surface area contributed by atoms with Gasteiger partial charge in [-0.1, -0.05) is 20.8 Å². The fourth-order valence-corrected chi connectivity index (χ4v) is 4.84. The average molecular weight is 355 g/mol. The molecule has 0 saturated carbocycles. The highest BCUT2D eigenvalue weighted by Gasteiger charge is 2.53. The van der Waals surface area contributed by atoms with Crippen molar-refractivity contribution in [3.63, 3.8) is 0 Å². The van der Waals surface area contributed by atoms with Crippen LogP contribution in [0, 0.1) is 0 Å². The number of phenolic OH excluding ortho intramolecular Hbond substituents is 1. The number of hydrogen-bond acceptors (Lipinski definition) is 7. The van der Waals surface area contributed by atoms with Crippen molar-refractivity contribution in [2.75, 3.05) is 19.7 Å². The molecule has 132 valence electrons. The highest BCUT2D eigenvalue weighted by Crippen LogP contribution is 2.71. The Morgan fingerprint density at radius 2 is 1.88 bits per heavy atom. The molecule has 2 atom stereocenters. The molecule has 0 aromatic heterocycles. The van der Waals surface area contributed by atoms with Crippen LogP contribution in [0.15, 0.2) is 0 Å². The molecule has 3 bridgehead atoms. The van der Waals surface area contributed by atoms with E-state index in [9.17, 15) is 9.67 Å². The second-order valence-electron chi connectivity index (χ2n) is 7.58. The third-order valence-corrected chi connectivity index (χ3v) is 5.72. The van der Waals surface area contributed by atoms with E-state index in [-0.39, 0.29) is 17.6 Å². The van der Waals surface area contributed by atoms with E-state index in [1.807, 2.05) is 27.7 Å². The lowest BCUT2D eigenvalue weighted by Gasteiger charge is -2.33. The molecule has 0 aliphatic carbocycles. The molecule has 7 nitrogen and oxygen atoms in total. The van der Waals surface area contributed by atoms with Crippen molar-refractivity contribution in [2.45, 2.75) is 45.8 Å². The summed E-state index contributed by atoms with van der Waals surface area (Å²) in [5.41, 5.74) is 1.000. The summed E-state index contributed by atoms with van der Waals surface area (Å²) in [4.78, 5) is 2.23. The SMILES string of the molecule is CC1CN(Cc2c3c4c(O)c(C(C)(C)C)c2OP(=O)(O4)O3)CCO1. The Kier molecular flexibility index (Phi) is 3.37. The summed E-state index contributed by atoms with van der Waals surface area (Å²) in [6, 6.07) is 0. The molecule has 1 N–H and O–H groups in total. The number of ether oxygens (including phenoxy) is 1. The summed E-state index contributed by atoms with van der Waals surface area (Å²) >= 11 is 0. The second-order valence-corrected chi connectivity index (χ2v) is 9.02. The van der Waals surface area contributed by atoms with E-state index in [0.717, 1.165) is 18.7 Å². The molecule has 3 aliphatic heterocycles. The minimum atomic E-state index is -3.69. The fraction of sp³-hybridized carbons (Fsp3) is 0.625. The number of benzene rings is 1. The summed E-state index contributed by atoms with van der Waals surface area (Å²) in [6.45, 7) is 10.8. The van der Waals surface area contributed by atoms with E-state index in [0.29, 0.717) is 30.2 Å². The molecular weight excluding hydrogens is 333 g/mol. The van der Waals surface area contributed by atoms with E-state index in [2.05, 4.69) is 4.90 Å². The van der Waals surface area contributed by atoms with Gasteiger partial charge in [0, 0.05) is 25.2 Å². The third kappa shape index (κ3) is 2.38. The predicted molar refractivity (Wildman–Crippen MR) is 87.0 cm³/mol. The molecular formula is C16H22NO6P. The molecule has 0 amide bonds. The van der Waals surface area contributed by atoms with E-state index in [4.69, 9.17) is 18.3 Å². The molecule has 3 aliphatic rings. The number of phenols is 1. The van der Waals surface area contributed by atoms with Gasteiger partial charge >= 0.3 is 7.82 Å². The van der Waals surface area contributed by atoms with Gasteiger partial charge < -0.3 is 23.4 Å². The number of rotatable bonds is 2. The van der Waals surface area contributed by atoms with Crippen molar-refractivity contribution in [3.05, 3.63) is 11.1 Å². The highest BCUT2D eigenvalue weighted by atomic mass is 31.2. The molecule has 1 fully saturated rings. The maximum atomic E-state index is 12.5. The Morgan fingerprint density at radius 1 is 1.21 bits per heavy atom. The molecule has 4 rings (SSSR count). The van der Waals surface area contributed by atoms with E-state index >= 15 is 0 Å². The van der Waals surface area contributed by atoms with Gasteiger partial charge in [0.05, 0.1) is 18.3 Å². The van der Waals surface area contributed by atoms with Crippen molar-refractivity contribution in [1.82, 2.24) is 4.90 Å². The Hall–Kier alpha value is -1.43. The van der Waals surface area contributed by atoms with Gasteiger partial charge in [-0.2, -0.15) is 4.57 Å². The first-order valence-electron chi connectivity index (χ1n) is 8.13. The molecule has 0 radical (unpaired) electrons. The first-order chi connectivity index (χ1) is 11.2. The average Bonchev–Trinajstić information content (AvgIpc) is 2.69. The molecule has 8 heteroatoms. The van der Waals surface area contributed by atoms with Gasteiger partial charge in [0.1, 0.15) is 5.75 Å². The number of morpholine rings is 1. The number of phosphoric ester groups is 1. The summed E-state index contributed by atoms with van der Waals surface area (Å²) in [5.74, 6) is 0.886. The lowest BCUT2D eigenvalue weighted by atomic mass is 9.83. The van der Waals surface area contributed by atoms with Crippen LogP contribution in [-0.4, -0.2) is 35.8 Å². The van der Waals surface area contributed by atoms with Gasteiger partial charge in [-0.05, 0) is 12.3 Å². The Balaban J connectivity index is 1.82. The van der Waals surface area contributed by atoms with Crippen molar-refractivity contribution in [3.8, 4) is 23.0 Å². The predicted octanol–water partition coefficient (Wildman–Crippen LogP) is 3.18. The standard InChI is InChI=1S/C16H22NO6P/c1-9-7-17(5-6-20-9)8-10-13-11(16(2,3)4)12(18)15-14(10)22-24(19,21-13)23-15/h9,18H,5-8H2,1-4H3. The van der Waals surface area contributed by atoms with Gasteiger partial charge in [-0.15, -0.1) is 0 Å². The molecule has 0 spiro atoms. The largest absolute Gasteiger partial charge is 0.647 e. The van der Waals surface area contributed by atoms with Crippen LogP contribution < -0.4 is 13.6 Å². The Bertz CT molecular complexity index is 756. The maximum absolute atomic E-state index is 12.5. The van der Waals surface area contributed by atoms with Crippen molar-refractivity contribution < 1.29 is 28.0 Å². The summed E-state index contributed by atoms with van der Waals surface area (Å²) < 4.78 is 34.4. The fourth-order valence-electron chi connectivity index (χ4n) is 3.49. The summed E-state index contributed by atoms with van der Waals surface area (Å²) in [5, 5.41) is 10.6. The lowest BCUT2D eigenvalue weighted by molar-refractivity contribution is -0.0215. The molecule has 24 heavy (non-hydrogen) atoms. The zero-order valence-corrected chi connectivity index (χ0v) is 15.2. The van der Waals surface area contributed by atoms with E-state index < -0.39 is 13.2 Å². The first kappa shape index (κ1) is 16.1. The van der Waals surface area contributed by atoms with Crippen molar-refractivity contribution in [1.29, 1.82) is 0 Å². The number of hydrogen-bond donors (Lipinski definition) is 1. The van der Waals surface area contributed by atoms with Crippen LogP contribution in [0.4, 0.5) is 0 Å². The summed E-state index contributed by atoms with van der Waals surface area (Å²) in [6.07, 6.45) is 0.154. The van der Waals surface area contributed by atoms with Crippen LogP contribution in [-0.2, 0) is 21.3 Å².